The molecule has 0 bridgehead atoms. The van der Waals surface area contributed by atoms with Gasteiger partial charge in [-0.05, 0) is 0 Å². The normalized spacial score (nSPS) is 19.9. The second-order valence-corrected chi connectivity index (χ2v) is 5.18. The predicted octanol–water partition coefficient (Wildman–Crippen LogP) is -0.823. The molecule has 9 heteroatoms. The Hall–Kier alpha value is -0.160. The zero-order chi connectivity index (χ0) is 10.5. The van der Waals surface area contributed by atoms with Crippen LogP contribution in [0.25, 0.3) is 0 Å². The SMILES string of the molecule is C=COCCP(=O)([O-])OP(=O)([O-])O. The number of hydrogen-bond acceptors (Lipinski definition) is 6. The highest BCUT2D eigenvalue weighted by atomic mass is 31.3. The average Bonchev–Trinajstić information content (AvgIpc) is 1.81. The molecule has 7 nitrogen and oxygen atoms in total. The fourth-order valence-corrected chi connectivity index (χ4v) is 2.36. The third-order valence-corrected chi connectivity index (χ3v) is 3.38. The molecule has 0 rings (SSSR count). The standard InChI is InChI=1S/C4H10O7P2/c1-2-10-3-4-12(5,6)11-13(7,8)9/h2H,1,3-4H2,(H,5,6)(H2,7,8,9)/p-2. The summed E-state index contributed by atoms with van der Waals surface area (Å²) >= 11 is 0. The van der Waals surface area contributed by atoms with E-state index in [0.29, 0.717) is 0 Å². The molecule has 0 fully saturated rings. The maximum atomic E-state index is 10.7. The van der Waals surface area contributed by atoms with Crippen LogP contribution in [0.15, 0.2) is 12.8 Å². The molecular formula is C4H8O7P2-2. The van der Waals surface area contributed by atoms with Crippen molar-refractivity contribution in [1.82, 2.24) is 0 Å². The van der Waals surface area contributed by atoms with Crippen molar-refractivity contribution in [2.45, 2.75) is 0 Å². The Morgan fingerprint density at radius 1 is 1.46 bits per heavy atom. The van der Waals surface area contributed by atoms with E-state index in [0.717, 1.165) is 6.26 Å². The number of hydrogen-bond donors (Lipinski definition) is 1. The van der Waals surface area contributed by atoms with E-state index in [1.807, 2.05) is 0 Å². The first kappa shape index (κ1) is 12.8. The minimum atomic E-state index is -5.24. The van der Waals surface area contributed by atoms with E-state index in [4.69, 9.17) is 4.89 Å². The Bertz CT molecular complexity index is 255. The van der Waals surface area contributed by atoms with Gasteiger partial charge in [0.2, 0.25) is 0 Å². The molecule has 0 spiro atoms. The van der Waals surface area contributed by atoms with Crippen molar-refractivity contribution >= 4 is 15.4 Å². The maximum Gasteiger partial charge on any atom is 0.270 e. The van der Waals surface area contributed by atoms with Crippen LogP contribution in [0, 0.1) is 0 Å². The van der Waals surface area contributed by atoms with Gasteiger partial charge in [0.25, 0.3) is 7.82 Å². The maximum absolute atomic E-state index is 10.7. The molecule has 0 radical (unpaired) electrons. The summed E-state index contributed by atoms with van der Waals surface area (Å²) in [5.41, 5.74) is 0. The van der Waals surface area contributed by atoms with Gasteiger partial charge < -0.3 is 24.0 Å². The summed E-state index contributed by atoms with van der Waals surface area (Å²) in [7, 11) is -9.84. The second-order valence-electron chi connectivity index (χ2n) is 1.92. The van der Waals surface area contributed by atoms with E-state index in [9.17, 15) is 18.9 Å². The van der Waals surface area contributed by atoms with Crippen LogP contribution in [0.4, 0.5) is 0 Å². The highest BCUT2D eigenvalue weighted by Gasteiger charge is 2.15. The Morgan fingerprint density at radius 3 is 2.38 bits per heavy atom. The van der Waals surface area contributed by atoms with Gasteiger partial charge in [0, 0.05) is 6.16 Å². The lowest BCUT2D eigenvalue weighted by molar-refractivity contribution is -0.227. The zero-order valence-electron chi connectivity index (χ0n) is 6.49. The molecule has 0 aromatic carbocycles. The predicted molar refractivity (Wildman–Crippen MR) is 39.5 cm³/mol. The first-order valence-corrected chi connectivity index (χ1v) is 6.27. The van der Waals surface area contributed by atoms with E-state index in [-0.39, 0.29) is 6.61 Å². The molecule has 2 atom stereocenters. The minimum absolute atomic E-state index is 0.287. The van der Waals surface area contributed by atoms with Gasteiger partial charge >= 0.3 is 0 Å². The number of ether oxygens (including phenoxy) is 1. The van der Waals surface area contributed by atoms with Crippen molar-refractivity contribution in [1.29, 1.82) is 0 Å². The van der Waals surface area contributed by atoms with Crippen molar-refractivity contribution in [2.75, 3.05) is 12.8 Å². The van der Waals surface area contributed by atoms with Gasteiger partial charge in [-0.25, -0.2) is 0 Å². The molecule has 13 heavy (non-hydrogen) atoms. The van der Waals surface area contributed by atoms with Crippen LogP contribution >= 0.6 is 15.4 Å². The first-order chi connectivity index (χ1) is 5.77. The summed E-state index contributed by atoms with van der Waals surface area (Å²) in [4.78, 5) is 28.7. The van der Waals surface area contributed by atoms with E-state index >= 15 is 0 Å². The van der Waals surface area contributed by atoms with Crippen molar-refractivity contribution in [3.63, 3.8) is 0 Å². The fourth-order valence-electron chi connectivity index (χ4n) is 0.446. The van der Waals surface area contributed by atoms with Gasteiger partial charge in [0.05, 0.1) is 12.9 Å². The van der Waals surface area contributed by atoms with Gasteiger partial charge in [-0.1, -0.05) is 6.58 Å². The highest BCUT2D eigenvalue weighted by molar-refractivity contribution is 7.62. The topological polar surface area (TPSA) is 119 Å². The first-order valence-electron chi connectivity index (χ1n) is 3.04. The van der Waals surface area contributed by atoms with Crippen molar-refractivity contribution in [3.05, 3.63) is 12.8 Å². The molecule has 0 aliphatic rings. The molecule has 0 aromatic heterocycles. The van der Waals surface area contributed by atoms with Gasteiger partial charge in [0.15, 0.2) is 0 Å². The molecule has 0 aromatic rings. The van der Waals surface area contributed by atoms with Crippen molar-refractivity contribution in [3.8, 4) is 0 Å². The Kier molecular flexibility index (Phi) is 4.85. The molecule has 2 unspecified atom stereocenters. The molecule has 0 saturated carbocycles. The quantitative estimate of drug-likeness (QED) is 0.359. The summed E-state index contributed by atoms with van der Waals surface area (Å²) in [5, 5.41) is 0. The van der Waals surface area contributed by atoms with Gasteiger partial charge in [-0.2, -0.15) is 0 Å². The van der Waals surface area contributed by atoms with Gasteiger partial charge in [-0.15, -0.1) is 0 Å². The molecule has 1 N–H and O–H groups in total. The number of rotatable bonds is 6. The monoisotopic (exact) mass is 230 g/mol. The van der Waals surface area contributed by atoms with Gasteiger partial charge in [-0.3, -0.25) is 8.88 Å². The summed E-state index contributed by atoms with van der Waals surface area (Å²) in [5.74, 6) is 0. The van der Waals surface area contributed by atoms with E-state index < -0.39 is 21.6 Å². The largest absolute Gasteiger partial charge is 0.778 e. The van der Waals surface area contributed by atoms with E-state index in [1.165, 1.54) is 0 Å². The molecule has 78 valence electrons. The third-order valence-electron chi connectivity index (χ3n) is 0.828. The highest BCUT2D eigenvalue weighted by Crippen LogP contribution is 2.51. The lowest BCUT2D eigenvalue weighted by Gasteiger charge is -2.27. The molecule has 0 heterocycles. The lowest BCUT2D eigenvalue weighted by atomic mass is 10.8. The zero-order valence-corrected chi connectivity index (χ0v) is 8.28. The van der Waals surface area contributed by atoms with Crippen LogP contribution in [-0.2, 0) is 18.2 Å². The smallest absolute Gasteiger partial charge is 0.270 e. The van der Waals surface area contributed by atoms with Crippen LogP contribution in [0.2, 0.25) is 0 Å². The van der Waals surface area contributed by atoms with Crippen molar-refractivity contribution < 1.29 is 32.9 Å². The van der Waals surface area contributed by atoms with Gasteiger partial charge in [0.1, 0.15) is 7.60 Å². The average molecular weight is 230 g/mol. The number of phosphoric acid groups is 1. The minimum Gasteiger partial charge on any atom is -0.778 e. The van der Waals surface area contributed by atoms with E-state index in [1.54, 1.807) is 0 Å². The van der Waals surface area contributed by atoms with Crippen molar-refractivity contribution in [2.24, 2.45) is 0 Å². The summed E-state index contributed by atoms with van der Waals surface area (Å²) in [6, 6.07) is 0. The Balaban J connectivity index is 4.02. The van der Waals surface area contributed by atoms with Crippen LogP contribution in [-0.4, -0.2) is 17.7 Å². The molecule has 0 amide bonds. The molecular weight excluding hydrogens is 222 g/mol. The lowest BCUT2D eigenvalue weighted by Crippen LogP contribution is -2.13. The van der Waals surface area contributed by atoms with E-state index in [2.05, 4.69) is 15.6 Å². The third kappa shape index (κ3) is 8.18. The summed E-state index contributed by atoms with van der Waals surface area (Å²) in [6.45, 7) is 2.85. The molecule has 0 saturated heterocycles. The molecule has 0 aliphatic carbocycles. The molecule has 0 aliphatic heterocycles. The Morgan fingerprint density at radius 2 is 2.00 bits per heavy atom. The van der Waals surface area contributed by atoms with Crippen LogP contribution < -0.4 is 9.79 Å². The fraction of sp³-hybridized carbons (Fsp3) is 0.500. The second kappa shape index (κ2) is 4.91. The van der Waals surface area contributed by atoms with Crippen LogP contribution in [0.3, 0.4) is 0 Å². The summed E-state index contributed by atoms with van der Waals surface area (Å²) in [6.07, 6.45) is 0.335. The van der Waals surface area contributed by atoms with Crippen LogP contribution in [0.1, 0.15) is 0 Å². The van der Waals surface area contributed by atoms with Crippen LogP contribution in [0.5, 0.6) is 0 Å². The Labute approximate surface area is 74.8 Å². The summed E-state index contributed by atoms with van der Waals surface area (Å²) < 4.78 is 28.5.